The number of carbonyl (C=O) groups excluding carboxylic acids is 1. The molecule has 6 nitrogen and oxygen atoms in total. The van der Waals surface area contributed by atoms with Gasteiger partial charge in [-0.1, -0.05) is 6.92 Å². The van der Waals surface area contributed by atoms with Crippen molar-refractivity contribution in [3.05, 3.63) is 59.9 Å². The highest BCUT2D eigenvalue weighted by molar-refractivity contribution is 7.92. The molecule has 1 amide bonds. The summed E-state index contributed by atoms with van der Waals surface area (Å²) in [5, 5.41) is 5.97. The van der Waals surface area contributed by atoms with Gasteiger partial charge in [-0.3, -0.25) is 9.52 Å². The first-order chi connectivity index (χ1) is 12.3. The number of rotatable bonds is 8. The largest absolute Gasteiger partial charge is 0.350 e. The van der Waals surface area contributed by atoms with E-state index in [-0.39, 0.29) is 22.5 Å². The van der Waals surface area contributed by atoms with E-state index in [0.717, 1.165) is 6.54 Å². The highest BCUT2D eigenvalue weighted by Crippen LogP contribution is 2.17. The number of hydrogen-bond acceptors (Lipinski definition) is 4. The van der Waals surface area contributed by atoms with Crippen molar-refractivity contribution in [2.75, 3.05) is 17.8 Å². The lowest BCUT2D eigenvalue weighted by molar-refractivity contribution is 0.0950. The molecule has 0 fully saturated rings. The van der Waals surface area contributed by atoms with Gasteiger partial charge in [-0.2, -0.15) is 0 Å². The van der Waals surface area contributed by atoms with E-state index >= 15 is 0 Å². The quantitative estimate of drug-likeness (QED) is 0.657. The van der Waals surface area contributed by atoms with Crippen LogP contribution in [-0.4, -0.2) is 33.5 Å². The van der Waals surface area contributed by atoms with Crippen LogP contribution in [0.15, 0.2) is 53.4 Å². The smallest absolute Gasteiger partial charge is 0.261 e. The van der Waals surface area contributed by atoms with Gasteiger partial charge in [0.25, 0.3) is 15.9 Å². The average molecular weight is 379 g/mol. The van der Waals surface area contributed by atoms with E-state index in [9.17, 15) is 17.6 Å². The zero-order valence-corrected chi connectivity index (χ0v) is 15.4. The summed E-state index contributed by atoms with van der Waals surface area (Å²) < 4.78 is 39.9. The van der Waals surface area contributed by atoms with Crippen LogP contribution in [0.1, 0.15) is 24.2 Å². The van der Waals surface area contributed by atoms with Crippen LogP contribution in [0.25, 0.3) is 0 Å². The van der Waals surface area contributed by atoms with Crippen LogP contribution in [0.4, 0.5) is 10.1 Å². The predicted octanol–water partition coefficient (Wildman–Crippen LogP) is 2.35. The molecule has 2 rings (SSSR count). The van der Waals surface area contributed by atoms with Gasteiger partial charge in [0.1, 0.15) is 5.82 Å². The van der Waals surface area contributed by atoms with Crippen LogP contribution in [0, 0.1) is 5.82 Å². The van der Waals surface area contributed by atoms with Crippen LogP contribution >= 0.6 is 0 Å². The Morgan fingerprint density at radius 3 is 2.27 bits per heavy atom. The summed E-state index contributed by atoms with van der Waals surface area (Å²) in [6.07, 6.45) is 0. The SMILES string of the molecule is CCN[C@H](C)CNC(=O)c1ccc(S(=O)(=O)Nc2ccc(F)cc2)cc1. The van der Waals surface area contributed by atoms with Crippen LogP contribution in [0.5, 0.6) is 0 Å². The summed E-state index contributed by atoms with van der Waals surface area (Å²) in [6.45, 7) is 5.22. The Morgan fingerprint density at radius 2 is 1.69 bits per heavy atom. The molecule has 1 atom stereocenters. The third-order valence-electron chi connectivity index (χ3n) is 3.64. The van der Waals surface area contributed by atoms with Crippen LogP contribution in [0.3, 0.4) is 0 Å². The lowest BCUT2D eigenvalue weighted by Gasteiger charge is -2.13. The van der Waals surface area contributed by atoms with Gasteiger partial charge in [0.2, 0.25) is 0 Å². The molecule has 0 saturated carbocycles. The molecule has 0 aliphatic carbocycles. The van der Waals surface area contributed by atoms with Crippen LogP contribution < -0.4 is 15.4 Å². The third-order valence-corrected chi connectivity index (χ3v) is 5.04. The van der Waals surface area contributed by atoms with E-state index < -0.39 is 15.8 Å². The van der Waals surface area contributed by atoms with E-state index in [0.29, 0.717) is 12.1 Å². The number of benzene rings is 2. The number of halogens is 1. The minimum Gasteiger partial charge on any atom is -0.350 e. The Bertz CT molecular complexity index is 837. The molecule has 0 radical (unpaired) electrons. The fraction of sp³-hybridized carbons (Fsp3) is 0.278. The summed E-state index contributed by atoms with van der Waals surface area (Å²) in [5.74, 6) is -0.725. The molecule has 8 heteroatoms. The number of anilines is 1. The fourth-order valence-electron chi connectivity index (χ4n) is 2.29. The molecule has 3 N–H and O–H groups in total. The Hall–Kier alpha value is -2.45. The molecule has 140 valence electrons. The van der Waals surface area contributed by atoms with Gasteiger partial charge in [0, 0.05) is 23.8 Å². The van der Waals surface area contributed by atoms with Gasteiger partial charge >= 0.3 is 0 Å². The Morgan fingerprint density at radius 1 is 1.08 bits per heavy atom. The maximum atomic E-state index is 12.9. The number of sulfonamides is 1. The van der Waals surface area contributed by atoms with Gasteiger partial charge in [0.15, 0.2) is 0 Å². The second kappa shape index (κ2) is 8.77. The number of amides is 1. The average Bonchev–Trinajstić information content (AvgIpc) is 2.62. The van der Waals surface area contributed by atoms with Gasteiger partial charge in [-0.05, 0) is 62.0 Å². The summed E-state index contributed by atoms with van der Waals surface area (Å²) in [5.41, 5.74) is 0.625. The van der Waals surface area contributed by atoms with Gasteiger partial charge in [-0.15, -0.1) is 0 Å². The molecule has 0 aliphatic rings. The van der Waals surface area contributed by atoms with E-state index in [1.165, 1.54) is 48.5 Å². The van der Waals surface area contributed by atoms with Crippen molar-refractivity contribution in [1.29, 1.82) is 0 Å². The summed E-state index contributed by atoms with van der Waals surface area (Å²) >= 11 is 0. The minimum absolute atomic E-state index is 0.0133. The summed E-state index contributed by atoms with van der Waals surface area (Å²) in [7, 11) is -3.82. The van der Waals surface area contributed by atoms with Crippen molar-refractivity contribution in [1.82, 2.24) is 10.6 Å². The van der Waals surface area contributed by atoms with Crippen molar-refractivity contribution in [3.8, 4) is 0 Å². The molecule has 0 heterocycles. The Kier molecular flexibility index (Phi) is 6.70. The fourth-order valence-corrected chi connectivity index (χ4v) is 3.34. The Balaban J connectivity index is 2.03. The van der Waals surface area contributed by atoms with E-state index in [4.69, 9.17) is 0 Å². The molecule has 0 aliphatic heterocycles. The molecular weight excluding hydrogens is 357 g/mol. The maximum Gasteiger partial charge on any atom is 0.261 e. The molecule has 2 aromatic rings. The van der Waals surface area contributed by atoms with E-state index in [1.807, 2.05) is 13.8 Å². The maximum absolute atomic E-state index is 12.9. The first kappa shape index (κ1) is 19.9. The van der Waals surface area contributed by atoms with Crippen molar-refractivity contribution in [2.24, 2.45) is 0 Å². The number of carbonyl (C=O) groups is 1. The minimum atomic E-state index is -3.82. The van der Waals surface area contributed by atoms with Crippen molar-refractivity contribution >= 4 is 21.6 Å². The molecule has 0 unspecified atom stereocenters. The lowest BCUT2D eigenvalue weighted by Crippen LogP contribution is -2.38. The van der Waals surface area contributed by atoms with Crippen LogP contribution in [-0.2, 0) is 10.0 Å². The lowest BCUT2D eigenvalue weighted by atomic mass is 10.2. The molecular formula is C18H22FN3O3S. The molecule has 0 bridgehead atoms. The standard InChI is InChI=1S/C18H22FN3O3S/c1-3-20-13(2)12-21-18(23)14-4-10-17(11-5-14)26(24,25)22-16-8-6-15(19)7-9-16/h4-11,13,20,22H,3,12H2,1-2H3,(H,21,23)/t13-/m1/s1. The van der Waals surface area contributed by atoms with Crippen molar-refractivity contribution in [3.63, 3.8) is 0 Å². The zero-order chi connectivity index (χ0) is 19.2. The molecule has 0 spiro atoms. The molecule has 0 saturated heterocycles. The van der Waals surface area contributed by atoms with Crippen LogP contribution in [0.2, 0.25) is 0 Å². The Labute approximate surface area is 152 Å². The highest BCUT2D eigenvalue weighted by atomic mass is 32.2. The molecule has 0 aromatic heterocycles. The van der Waals surface area contributed by atoms with Gasteiger partial charge in [0.05, 0.1) is 4.90 Å². The normalized spacial score (nSPS) is 12.4. The molecule has 26 heavy (non-hydrogen) atoms. The number of hydrogen-bond donors (Lipinski definition) is 3. The topological polar surface area (TPSA) is 87.3 Å². The first-order valence-corrected chi connectivity index (χ1v) is 9.70. The van der Waals surface area contributed by atoms with Gasteiger partial charge in [-0.25, -0.2) is 12.8 Å². The third kappa shape index (κ3) is 5.53. The van der Waals surface area contributed by atoms with Gasteiger partial charge < -0.3 is 10.6 Å². The van der Waals surface area contributed by atoms with E-state index in [1.54, 1.807) is 0 Å². The van der Waals surface area contributed by atoms with Crippen molar-refractivity contribution in [2.45, 2.75) is 24.8 Å². The monoisotopic (exact) mass is 379 g/mol. The second-order valence-electron chi connectivity index (χ2n) is 5.81. The van der Waals surface area contributed by atoms with Crippen molar-refractivity contribution < 1.29 is 17.6 Å². The highest BCUT2D eigenvalue weighted by Gasteiger charge is 2.15. The zero-order valence-electron chi connectivity index (χ0n) is 14.6. The summed E-state index contributed by atoms with van der Waals surface area (Å²) in [6, 6.07) is 10.8. The number of likely N-dealkylation sites (N-methyl/N-ethyl adjacent to an activating group) is 1. The molecule has 2 aromatic carbocycles. The number of nitrogens with one attached hydrogen (secondary N) is 3. The van der Waals surface area contributed by atoms with E-state index in [2.05, 4.69) is 15.4 Å². The second-order valence-corrected chi connectivity index (χ2v) is 7.49. The predicted molar refractivity (Wildman–Crippen MR) is 99.1 cm³/mol. The summed E-state index contributed by atoms with van der Waals surface area (Å²) in [4.78, 5) is 12.1. The first-order valence-electron chi connectivity index (χ1n) is 8.22.